The van der Waals surface area contributed by atoms with Crippen molar-refractivity contribution in [1.82, 2.24) is 10.6 Å². The van der Waals surface area contributed by atoms with Crippen LogP contribution in [0.2, 0.25) is 5.02 Å². The van der Waals surface area contributed by atoms with Crippen LogP contribution in [-0.2, 0) is 27.5 Å². The molecule has 0 saturated heterocycles. The summed E-state index contributed by atoms with van der Waals surface area (Å²) < 4.78 is 0. The van der Waals surface area contributed by atoms with Crippen LogP contribution in [0.5, 0.6) is 0 Å². The van der Waals surface area contributed by atoms with Crippen molar-refractivity contribution in [3.05, 3.63) is 101 Å². The van der Waals surface area contributed by atoms with Gasteiger partial charge in [-0.05, 0) is 23.3 Å². The SMILES string of the molecule is O=C(NCc1ccccc1Cl)C(=O)NC1C(=O)N(Cc2ccccc2)c2ccccc21. The topological polar surface area (TPSA) is 78.5 Å². The third-order valence-electron chi connectivity index (χ3n) is 5.11. The quantitative estimate of drug-likeness (QED) is 0.605. The lowest BCUT2D eigenvalue weighted by atomic mass is 10.1. The maximum atomic E-state index is 13.1. The summed E-state index contributed by atoms with van der Waals surface area (Å²) in [5, 5.41) is 5.62. The molecule has 6 nitrogen and oxygen atoms in total. The Kier molecular flexibility index (Phi) is 6.00. The van der Waals surface area contributed by atoms with Crippen LogP contribution < -0.4 is 15.5 Å². The zero-order valence-electron chi connectivity index (χ0n) is 16.5. The van der Waals surface area contributed by atoms with E-state index in [0.717, 1.165) is 11.3 Å². The summed E-state index contributed by atoms with van der Waals surface area (Å²) >= 11 is 6.08. The van der Waals surface area contributed by atoms with Gasteiger partial charge >= 0.3 is 11.8 Å². The maximum Gasteiger partial charge on any atom is 0.310 e. The Balaban J connectivity index is 1.46. The molecule has 0 aromatic heterocycles. The molecule has 1 atom stereocenters. The predicted molar refractivity (Wildman–Crippen MR) is 118 cm³/mol. The number of fused-ring (bicyclic) bond motifs is 1. The van der Waals surface area contributed by atoms with Crippen LogP contribution in [0.1, 0.15) is 22.7 Å². The zero-order chi connectivity index (χ0) is 21.8. The van der Waals surface area contributed by atoms with E-state index in [9.17, 15) is 14.4 Å². The van der Waals surface area contributed by atoms with Crippen molar-refractivity contribution in [2.75, 3.05) is 4.90 Å². The van der Waals surface area contributed by atoms with Gasteiger partial charge in [0.25, 0.3) is 5.91 Å². The zero-order valence-corrected chi connectivity index (χ0v) is 17.3. The minimum Gasteiger partial charge on any atom is -0.344 e. The van der Waals surface area contributed by atoms with Crippen LogP contribution in [0.4, 0.5) is 5.69 Å². The van der Waals surface area contributed by atoms with Crippen molar-refractivity contribution in [2.24, 2.45) is 0 Å². The van der Waals surface area contributed by atoms with Gasteiger partial charge in [-0.25, -0.2) is 0 Å². The summed E-state index contributed by atoms with van der Waals surface area (Å²) in [5.74, 6) is -1.98. The van der Waals surface area contributed by atoms with E-state index in [-0.39, 0.29) is 12.5 Å². The molecule has 3 aromatic rings. The number of para-hydroxylation sites is 1. The molecule has 3 amide bonds. The Morgan fingerprint density at radius 3 is 2.32 bits per heavy atom. The summed E-state index contributed by atoms with van der Waals surface area (Å²) in [6.07, 6.45) is 0. The molecule has 0 radical (unpaired) electrons. The van der Waals surface area contributed by atoms with E-state index in [1.807, 2.05) is 42.5 Å². The number of halogens is 1. The summed E-state index contributed by atoms with van der Waals surface area (Å²) in [5.41, 5.74) is 3.05. The fourth-order valence-corrected chi connectivity index (χ4v) is 3.75. The average Bonchev–Trinajstić information content (AvgIpc) is 3.05. The Bertz CT molecular complexity index is 1130. The van der Waals surface area contributed by atoms with Crippen LogP contribution in [0.3, 0.4) is 0 Å². The summed E-state index contributed by atoms with van der Waals surface area (Å²) in [6.45, 7) is 0.489. The fraction of sp³-hybridized carbons (Fsp3) is 0.125. The van der Waals surface area contributed by atoms with Crippen LogP contribution in [0.25, 0.3) is 0 Å². The molecular weight excluding hydrogens is 414 g/mol. The lowest BCUT2D eigenvalue weighted by Gasteiger charge is -2.18. The van der Waals surface area contributed by atoms with Crippen molar-refractivity contribution in [2.45, 2.75) is 19.1 Å². The second-order valence-electron chi connectivity index (χ2n) is 7.15. The molecule has 156 valence electrons. The lowest BCUT2D eigenvalue weighted by Crippen LogP contribution is -2.44. The normalized spacial score (nSPS) is 14.8. The van der Waals surface area contributed by atoms with Crippen LogP contribution in [0.15, 0.2) is 78.9 Å². The van der Waals surface area contributed by atoms with E-state index >= 15 is 0 Å². The molecule has 31 heavy (non-hydrogen) atoms. The van der Waals surface area contributed by atoms with Crippen LogP contribution in [0, 0.1) is 0 Å². The first kappa shape index (κ1) is 20.6. The monoisotopic (exact) mass is 433 g/mol. The minimum atomic E-state index is -0.918. The fourth-order valence-electron chi connectivity index (χ4n) is 3.55. The maximum absolute atomic E-state index is 13.1. The van der Waals surface area contributed by atoms with E-state index in [2.05, 4.69) is 10.6 Å². The van der Waals surface area contributed by atoms with Crippen molar-refractivity contribution >= 4 is 35.0 Å². The van der Waals surface area contributed by atoms with Gasteiger partial charge in [0.2, 0.25) is 0 Å². The number of anilines is 1. The predicted octanol–water partition coefficient (Wildman–Crippen LogP) is 3.36. The second kappa shape index (κ2) is 9.02. The van der Waals surface area contributed by atoms with Crippen molar-refractivity contribution < 1.29 is 14.4 Å². The van der Waals surface area contributed by atoms with Gasteiger partial charge in [-0.3, -0.25) is 14.4 Å². The minimum absolute atomic E-state index is 0.112. The Hall–Kier alpha value is -3.64. The van der Waals surface area contributed by atoms with Gasteiger partial charge < -0.3 is 15.5 Å². The molecule has 0 saturated carbocycles. The van der Waals surface area contributed by atoms with E-state index in [1.165, 1.54) is 0 Å². The van der Waals surface area contributed by atoms with E-state index in [1.54, 1.807) is 41.3 Å². The number of hydrogen-bond donors (Lipinski definition) is 2. The van der Waals surface area contributed by atoms with Gasteiger partial charge in [-0.1, -0.05) is 78.3 Å². The standard InChI is InChI=1S/C24H20ClN3O3/c25-19-12-6-4-10-17(19)14-26-22(29)23(30)27-21-18-11-5-7-13-20(18)28(24(21)31)15-16-8-2-1-3-9-16/h1-13,21H,14-15H2,(H,26,29)(H,27,30). The first-order valence-electron chi connectivity index (χ1n) is 9.81. The highest BCUT2D eigenvalue weighted by atomic mass is 35.5. The molecule has 0 bridgehead atoms. The highest BCUT2D eigenvalue weighted by Crippen LogP contribution is 2.36. The summed E-state index contributed by atoms with van der Waals surface area (Å²) in [4.78, 5) is 39.5. The number of amides is 3. The van der Waals surface area contributed by atoms with Gasteiger partial charge in [0, 0.05) is 22.8 Å². The number of benzene rings is 3. The van der Waals surface area contributed by atoms with Crippen molar-refractivity contribution in [1.29, 1.82) is 0 Å². The summed E-state index contributed by atoms with van der Waals surface area (Å²) in [7, 11) is 0. The average molecular weight is 434 g/mol. The molecule has 1 aliphatic heterocycles. The second-order valence-corrected chi connectivity index (χ2v) is 7.56. The number of rotatable bonds is 5. The summed E-state index contributed by atoms with van der Waals surface area (Å²) in [6, 6.07) is 23.0. The first-order valence-corrected chi connectivity index (χ1v) is 10.2. The molecule has 2 N–H and O–H groups in total. The molecule has 0 aliphatic carbocycles. The number of hydrogen-bond acceptors (Lipinski definition) is 3. The van der Waals surface area contributed by atoms with Gasteiger partial charge in [0.05, 0.1) is 6.54 Å². The van der Waals surface area contributed by atoms with E-state index < -0.39 is 17.9 Å². The largest absolute Gasteiger partial charge is 0.344 e. The smallest absolute Gasteiger partial charge is 0.310 e. The number of nitrogens with one attached hydrogen (secondary N) is 2. The van der Waals surface area contributed by atoms with Crippen molar-refractivity contribution in [3.63, 3.8) is 0 Å². The number of nitrogens with zero attached hydrogens (tertiary/aromatic N) is 1. The third kappa shape index (κ3) is 4.44. The number of carbonyl (C=O) groups is 3. The molecule has 7 heteroatoms. The Morgan fingerprint density at radius 2 is 1.55 bits per heavy atom. The molecule has 1 unspecified atom stereocenters. The van der Waals surface area contributed by atoms with Gasteiger partial charge in [0.15, 0.2) is 0 Å². The molecular formula is C24H20ClN3O3. The Labute approximate surface area is 184 Å². The van der Waals surface area contributed by atoms with E-state index in [4.69, 9.17) is 11.6 Å². The number of carbonyl (C=O) groups excluding carboxylic acids is 3. The molecule has 1 aliphatic rings. The highest BCUT2D eigenvalue weighted by molar-refractivity contribution is 6.36. The first-order chi connectivity index (χ1) is 15.0. The van der Waals surface area contributed by atoms with Gasteiger partial charge in [-0.2, -0.15) is 0 Å². The molecule has 0 fully saturated rings. The van der Waals surface area contributed by atoms with Gasteiger partial charge in [0.1, 0.15) is 6.04 Å². The van der Waals surface area contributed by atoms with E-state index in [0.29, 0.717) is 22.7 Å². The van der Waals surface area contributed by atoms with Crippen LogP contribution >= 0.6 is 11.6 Å². The molecule has 1 heterocycles. The molecule has 3 aromatic carbocycles. The van der Waals surface area contributed by atoms with Crippen molar-refractivity contribution in [3.8, 4) is 0 Å². The highest BCUT2D eigenvalue weighted by Gasteiger charge is 2.38. The lowest BCUT2D eigenvalue weighted by molar-refractivity contribution is -0.140. The Morgan fingerprint density at radius 1 is 0.871 bits per heavy atom. The van der Waals surface area contributed by atoms with Gasteiger partial charge in [-0.15, -0.1) is 0 Å². The third-order valence-corrected chi connectivity index (χ3v) is 5.48. The van der Waals surface area contributed by atoms with Crippen LogP contribution in [-0.4, -0.2) is 17.7 Å². The molecule has 0 spiro atoms. The molecule has 4 rings (SSSR count).